The largest absolute Gasteiger partial charge is 0.311 e. The van der Waals surface area contributed by atoms with E-state index >= 15 is 0 Å². The number of pyridine rings is 2. The molecular weight excluding hydrogens is 296 g/mol. The van der Waals surface area contributed by atoms with E-state index in [0.29, 0.717) is 6.54 Å². The molecular formula is C21H16N2O. The van der Waals surface area contributed by atoms with E-state index in [9.17, 15) is 4.79 Å². The van der Waals surface area contributed by atoms with Crippen molar-refractivity contribution in [1.82, 2.24) is 9.55 Å². The minimum Gasteiger partial charge on any atom is -0.311 e. The Hall–Kier alpha value is -3.20. The molecule has 0 bridgehead atoms. The molecule has 0 radical (unpaired) electrons. The van der Waals surface area contributed by atoms with Crippen LogP contribution < -0.4 is 5.56 Å². The Balaban J connectivity index is 1.85. The van der Waals surface area contributed by atoms with Crippen molar-refractivity contribution in [1.29, 1.82) is 0 Å². The van der Waals surface area contributed by atoms with Crippen LogP contribution in [-0.4, -0.2) is 9.55 Å². The summed E-state index contributed by atoms with van der Waals surface area (Å²) >= 11 is 0. The van der Waals surface area contributed by atoms with Crippen molar-refractivity contribution >= 4 is 10.8 Å². The average molecular weight is 312 g/mol. The number of benzene rings is 2. The Labute approximate surface area is 139 Å². The van der Waals surface area contributed by atoms with Crippen LogP contribution in [0.2, 0.25) is 0 Å². The van der Waals surface area contributed by atoms with Gasteiger partial charge in [0.1, 0.15) is 0 Å². The molecule has 0 N–H and O–H groups in total. The molecule has 0 atom stereocenters. The molecule has 24 heavy (non-hydrogen) atoms. The lowest BCUT2D eigenvalue weighted by molar-refractivity contribution is 0.768. The van der Waals surface area contributed by atoms with Gasteiger partial charge in [-0.05, 0) is 34.7 Å². The second-order valence-electron chi connectivity index (χ2n) is 5.74. The maximum atomic E-state index is 12.9. The van der Waals surface area contributed by atoms with Crippen LogP contribution in [-0.2, 0) is 6.54 Å². The summed E-state index contributed by atoms with van der Waals surface area (Å²) in [5.74, 6) is 0. The molecule has 0 aliphatic rings. The topological polar surface area (TPSA) is 34.9 Å². The Kier molecular flexibility index (Phi) is 3.67. The molecule has 3 heteroatoms. The molecule has 0 spiro atoms. The molecule has 116 valence electrons. The number of hydrogen-bond acceptors (Lipinski definition) is 2. The molecule has 0 saturated heterocycles. The summed E-state index contributed by atoms with van der Waals surface area (Å²) in [4.78, 5) is 17.0. The molecule has 0 aliphatic heterocycles. The number of fused-ring (bicyclic) bond motifs is 1. The van der Waals surface area contributed by atoms with Crippen LogP contribution in [0.1, 0.15) is 5.56 Å². The van der Waals surface area contributed by atoms with Crippen molar-refractivity contribution in [3.63, 3.8) is 0 Å². The van der Waals surface area contributed by atoms with Gasteiger partial charge in [-0.25, -0.2) is 0 Å². The molecule has 2 heterocycles. The Morgan fingerprint density at radius 3 is 2.50 bits per heavy atom. The van der Waals surface area contributed by atoms with E-state index in [1.54, 1.807) is 10.8 Å². The summed E-state index contributed by atoms with van der Waals surface area (Å²) in [5, 5.41) is 1.69. The Morgan fingerprint density at radius 2 is 1.71 bits per heavy atom. The van der Waals surface area contributed by atoms with Crippen molar-refractivity contribution in [3.8, 4) is 11.1 Å². The first-order valence-electron chi connectivity index (χ1n) is 7.89. The molecule has 0 aliphatic carbocycles. The molecule has 4 rings (SSSR count). The van der Waals surface area contributed by atoms with E-state index < -0.39 is 0 Å². The standard InChI is InChI=1S/C21H16N2O/c24-21-20-10-4-9-18(17-8-5-12-22-14-17)19(20)11-13-23(21)15-16-6-2-1-3-7-16/h1-14H,15H2. The van der Waals surface area contributed by atoms with Crippen LogP contribution in [0.25, 0.3) is 21.9 Å². The summed E-state index contributed by atoms with van der Waals surface area (Å²) in [6.07, 6.45) is 5.45. The van der Waals surface area contributed by atoms with Crippen LogP contribution in [0, 0.1) is 0 Å². The van der Waals surface area contributed by atoms with Gasteiger partial charge in [-0.15, -0.1) is 0 Å². The van der Waals surface area contributed by atoms with Crippen LogP contribution in [0.3, 0.4) is 0 Å². The number of nitrogens with zero attached hydrogens (tertiary/aromatic N) is 2. The third-order valence-corrected chi connectivity index (χ3v) is 4.19. The van der Waals surface area contributed by atoms with Gasteiger partial charge in [-0.3, -0.25) is 9.78 Å². The smallest absolute Gasteiger partial charge is 0.258 e. The highest BCUT2D eigenvalue weighted by atomic mass is 16.1. The van der Waals surface area contributed by atoms with Crippen molar-refractivity contribution in [2.75, 3.05) is 0 Å². The maximum absolute atomic E-state index is 12.9. The van der Waals surface area contributed by atoms with E-state index in [-0.39, 0.29) is 5.56 Å². The third-order valence-electron chi connectivity index (χ3n) is 4.19. The van der Waals surface area contributed by atoms with Gasteiger partial charge >= 0.3 is 0 Å². The molecule has 0 unspecified atom stereocenters. The average Bonchev–Trinajstić information content (AvgIpc) is 2.65. The first kappa shape index (κ1) is 14.4. The summed E-state index contributed by atoms with van der Waals surface area (Å²) < 4.78 is 1.75. The van der Waals surface area contributed by atoms with E-state index in [2.05, 4.69) is 4.98 Å². The molecule has 4 aromatic rings. The normalized spacial score (nSPS) is 10.8. The fraction of sp³-hybridized carbons (Fsp3) is 0.0476. The molecule has 3 nitrogen and oxygen atoms in total. The summed E-state index contributed by atoms with van der Waals surface area (Å²) in [5.41, 5.74) is 3.19. The molecule has 2 aromatic carbocycles. The predicted octanol–water partition coefficient (Wildman–Crippen LogP) is 4.11. The fourth-order valence-electron chi connectivity index (χ4n) is 3.00. The van der Waals surface area contributed by atoms with Crippen LogP contribution >= 0.6 is 0 Å². The van der Waals surface area contributed by atoms with Gasteiger partial charge in [0.25, 0.3) is 5.56 Å². The second kappa shape index (κ2) is 6.13. The van der Waals surface area contributed by atoms with E-state index in [0.717, 1.165) is 27.5 Å². The monoisotopic (exact) mass is 312 g/mol. The Bertz CT molecular complexity index is 1040. The van der Waals surface area contributed by atoms with Crippen molar-refractivity contribution in [3.05, 3.63) is 101 Å². The van der Waals surface area contributed by atoms with Gasteiger partial charge in [-0.1, -0.05) is 48.5 Å². The van der Waals surface area contributed by atoms with Gasteiger partial charge in [0, 0.05) is 29.5 Å². The number of aromatic nitrogens is 2. The highest BCUT2D eigenvalue weighted by Gasteiger charge is 2.08. The quantitative estimate of drug-likeness (QED) is 0.570. The fourth-order valence-corrected chi connectivity index (χ4v) is 3.00. The van der Waals surface area contributed by atoms with E-state index in [1.807, 2.05) is 79.1 Å². The Morgan fingerprint density at radius 1 is 0.833 bits per heavy atom. The number of hydrogen-bond donors (Lipinski definition) is 0. The first-order valence-corrected chi connectivity index (χ1v) is 7.89. The summed E-state index contributed by atoms with van der Waals surface area (Å²) in [6, 6.07) is 21.8. The van der Waals surface area contributed by atoms with Gasteiger partial charge in [0.05, 0.1) is 6.54 Å². The zero-order valence-electron chi connectivity index (χ0n) is 13.1. The minimum absolute atomic E-state index is 0.0297. The number of rotatable bonds is 3. The van der Waals surface area contributed by atoms with Crippen molar-refractivity contribution in [2.24, 2.45) is 0 Å². The van der Waals surface area contributed by atoms with Gasteiger partial charge in [0.15, 0.2) is 0 Å². The van der Waals surface area contributed by atoms with Crippen LogP contribution in [0.15, 0.2) is 90.1 Å². The van der Waals surface area contributed by atoms with Crippen LogP contribution in [0.5, 0.6) is 0 Å². The zero-order chi connectivity index (χ0) is 16.4. The SMILES string of the molecule is O=c1c2cccc(-c3cccnc3)c2ccn1Cc1ccccc1. The molecule has 2 aromatic heterocycles. The lowest BCUT2D eigenvalue weighted by Crippen LogP contribution is -2.20. The van der Waals surface area contributed by atoms with Crippen molar-refractivity contribution < 1.29 is 0 Å². The second-order valence-corrected chi connectivity index (χ2v) is 5.74. The molecule has 0 fully saturated rings. The zero-order valence-corrected chi connectivity index (χ0v) is 13.1. The minimum atomic E-state index is 0.0297. The van der Waals surface area contributed by atoms with Gasteiger partial charge < -0.3 is 4.57 Å². The third kappa shape index (κ3) is 2.61. The summed E-state index contributed by atoms with van der Waals surface area (Å²) in [6.45, 7) is 0.576. The van der Waals surface area contributed by atoms with Crippen LogP contribution in [0.4, 0.5) is 0 Å². The van der Waals surface area contributed by atoms with Gasteiger partial charge in [0.2, 0.25) is 0 Å². The first-order chi connectivity index (χ1) is 11.8. The highest BCUT2D eigenvalue weighted by Crippen LogP contribution is 2.26. The molecule has 0 saturated carbocycles. The summed E-state index contributed by atoms with van der Waals surface area (Å²) in [7, 11) is 0. The van der Waals surface area contributed by atoms with Gasteiger partial charge in [-0.2, -0.15) is 0 Å². The maximum Gasteiger partial charge on any atom is 0.258 e. The van der Waals surface area contributed by atoms with E-state index in [1.165, 1.54) is 0 Å². The lowest BCUT2D eigenvalue weighted by atomic mass is 10.0. The van der Waals surface area contributed by atoms with Crippen molar-refractivity contribution in [2.45, 2.75) is 6.54 Å². The lowest BCUT2D eigenvalue weighted by Gasteiger charge is -2.10. The van der Waals surface area contributed by atoms with E-state index in [4.69, 9.17) is 0 Å². The highest BCUT2D eigenvalue weighted by molar-refractivity contribution is 5.95. The predicted molar refractivity (Wildman–Crippen MR) is 97.0 cm³/mol. The molecule has 0 amide bonds.